The Morgan fingerprint density at radius 3 is 2.29 bits per heavy atom. The van der Waals surface area contributed by atoms with E-state index in [-0.39, 0.29) is 0 Å². The lowest BCUT2D eigenvalue weighted by molar-refractivity contribution is 0.377. The fourth-order valence-electron chi connectivity index (χ4n) is 1.81. The zero-order valence-electron chi connectivity index (χ0n) is 10.3. The van der Waals surface area contributed by atoms with E-state index in [1.165, 1.54) is 23.5 Å². The predicted molar refractivity (Wildman–Crippen MR) is 87.8 cm³/mol. The van der Waals surface area contributed by atoms with Gasteiger partial charge in [0.1, 0.15) is 0 Å². The molecule has 1 aromatic carbocycles. The average Bonchev–Trinajstić information content (AvgIpc) is 2.39. The van der Waals surface area contributed by atoms with Gasteiger partial charge < -0.3 is 0 Å². The van der Waals surface area contributed by atoms with Gasteiger partial charge in [0.25, 0.3) is 0 Å². The van der Waals surface area contributed by atoms with Crippen LogP contribution in [0.25, 0.3) is 0 Å². The summed E-state index contributed by atoms with van der Waals surface area (Å²) in [6, 6.07) is 10.8. The second kappa shape index (κ2) is 8.60. The topological polar surface area (TPSA) is 0 Å². The van der Waals surface area contributed by atoms with E-state index in [2.05, 4.69) is 69.1 Å². The van der Waals surface area contributed by atoms with Gasteiger partial charge in [0.05, 0.1) is 0 Å². The molecule has 0 heterocycles. The Kier molecular flexibility index (Phi) is 7.89. The normalized spacial score (nSPS) is 11.7. The molecule has 0 unspecified atom stereocenters. The highest BCUT2D eigenvalue weighted by Crippen LogP contribution is 2.33. The molecule has 1 rings (SSSR count). The molecule has 1 aromatic rings. The van der Waals surface area contributed by atoms with E-state index < -0.39 is 0 Å². The van der Waals surface area contributed by atoms with Crippen molar-refractivity contribution < 1.29 is 0 Å². The van der Waals surface area contributed by atoms with Gasteiger partial charge >= 0.3 is 0 Å². The zero-order chi connectivity index (χ0) is 12.6. The molecule has 3 heteroatoms. The number of thioether (sulfide) groups is 1. The molecule has 0 saturated carbocycles. The third-order valence-electron chi connectivity index (χ3n) is 2.97. The molecule has 0 spiro atoms. The smallest absolute Gasteiger partial charge is 0.00994 e. The van der Waals surface area contributed by atoms with E-state index in [4.69, 9.17) is 0 Å². The second-order valence-corrected chi connectivity index (χ2v) is 6.89. The van der Waals surface area contributed by atoms with Gasteiger partial charge in [0, 0.05) is 10.7 Å². The van der Waals surface area contributed by atoms with Crippen LogP contribution >= 0.6 is 43.6 Å². The number of hydrogen-bond acceptors (Lipinski definition) is 1. The third-order valence-corrected chi connectivity index (χ3v) is 6.25. The number of benzene rings is 1. The molecule has 0 atom stereocenters. The van der Waals surface area contributed by atoms with Crippen LogP contribution in [0.4, 0.5) is 0 Å². The predicted octanol–water partition coefficient (Wildman–Crippen LogP) is 5.15. The minimum Gasteiger partial charge on any atom is -0.162 e. The van der Waals surface area contributed by atoms with Crippen LogP contribution in [0.1, 0.15) is 18.9 Å². The van der Waals surface area contributed by atoms with Crippen LogP contribution in [0, 0.1) is 5.41 Å². The number of halogens is 2. The first-order valence-electron chi connectivity index (χ1n) is 6.00. The summed E-state index contributed by atoms with van der Waals surface area (Å²) in [5, 5.41) is 2.12. The van der Waals surface area contributed by atoms with Crippen molar-refractivity contribution in [2.45, 2.75) is 19.8 Å². The molecule has 0 aliphatic heterocycles. The monoisotopic (exact) mass is 378 g/mol. The van der Waals surface area contributed by atoms with Crippen molar-refractivity contribution in [1.29, 1.82) is 0 Å². The van der Waals surface area contributed by atoms with Crippen molar-refractivity contribution in [3.63, 3.8) is 0 Å². The molecule has 0 nitrogen and oxygen atoms in total. The number of rotatable bonds is 8. The van der Waals surface area contributed by atoms with Crippen molar-refractivity contribution in [1.82, 2.24) is 0 Å². The summed E-state index contributed by atoms with van der Waals surface area (Å²) in [4.78, 5) is 0. The Morgan fingerprint density at radius 1 is 1.12 bits per heavy atom. The van der Waals surface area contributed by atoms with Crippen molar-refractivity contribution in [3.8, 4) is 0 Å². The van der Waals surface area contributed by atoms with Crippen LogP contribution in [0.2, 0.25) is 0 Å². The molecule has 0 radical (unpaired) electrons. The van der Waals surface area contributed by atoms with Gasteiger partial charge in [-0.15, -0.1) is 0 Å². The van der Waals surface area contributed by atoms with Crippen LogP contribution in [0.5, 0.6) is 0 Å². The van der Waals surface area contributed by atoms with E-state index in [1.807, 2.05) is 11.8 Å². The Morgan fingerprint density at radius 2 is 1.76 bits per heavy atom. The molecule has 0 amide bonds. The van der Waals surface area contributed by atoms with Crippen LogP contribution in [0.3, 0.4) is 0 Å². The fourth-order valence-corrected chi connectivity index (χ4v) is 4.57. The van der Waals surface area contributed by atoms with Gasteiger partial charge in [-0.3, -0.25) is 0 Å². The van der Waals surface area contributed by atoms with E-state index >= 15 is 0 Å². The lowest BCUT2D eigenvalue weighted by atomic mass is 9.83. The van der Waals surface area contributed by atoms with E-state index in [9.17, 15) is 0 Å². The summed E-state index contributed by atoms with van der Waals surface area (Å²) in [7, 11) is 0. The van der Waals surface area contributed by atoms with Gasteiger partial charge in [-0.25, -0.2) is 0 Å². The molecule has 0 bridgehead atoms. The summed E-state index contributed by atoms with van der Waals surface area (Å²) < 4.78 is 0. The standard InChI is InChI=1S/C14H20Br2S/c1-2-17-9-8-14(11-15,12-16)10-13-6-4-3-5-7-13/h3-7H,2,8-12H2,1H3. The molecule has 17 heavy (non-hydrogen) atoms. The molecule has 0 aliphatic rings. The Hall–Kier alpha value is 0.530. The highest BCUT2D eigenvalue weighted by atomic mass is 79.9. The first kappa shape index (κ1) is 15.6. The van der Waals surface area contributed by atoms with Gasteiger partial charge in [-0.05, 0) is 35.3 Å². The Labute approximate surface area is 126 Å². The van der Waals surface area contributed by atoms with Crippen molar-refractivity contribution in [3.05, 3.63) is 35.9 Å². The van der Waals surface area contributed by atoms with Gasteiger partial charge in [-0.1, -0.05) is 69.1 Å². The van der Waals surface area contributed by atoms with E-state index in [1.54, 1.807) is 0 Å². The second-order valence-electron chi connectivity index (χ2n) is 4.38. The Bertz CT molecular complexity index is 296. The summed E-state index contributed by atoms with van der Waals surface area (Å²) in [6.45, 7) is 2.23. The third kappa shape index (κ3) is 5.35. The number of hydrogen-bond donors (Lipinski definition) is 0. The molecule has 0 fully saturated rings. The van der Waals surface area contributed by atoms with Crippen LogP contribution < -0.4 is 0 Å². The first-order chi connectivity index (χ1) is 8.26. The average molecular weight is 380 g/mol. The highest BCUT2D eigenvalue weighted by Gasteiger charge is 2.27. The lowest BCUT2D eigenvalue weighted by Gasteiger charge is -2.30. The zero-order valence-corrected chi connectivity index (χ0v) is 14.3. The maximum atomic E-state index is 3.70. The maximum Gasteiger partial charge on any atom is 0.00994 e. The summed E-state index contributed by atoms with van der Waals surface area (Å²) in [6.07, 6.45) is 2.41. The molecule has 96 valence electrons. The molecule has 0 N–H and O–H groups in total. The summed E-state index contributed by atoms with van der Waals surface area (Å²) in [5.41, 5.74) is 1.79. The lowest BCUT2D eigenvalue weighted by Crippen LogP contribution is -2.28. The van der Waals surface area contributed by atoms with Crippen LogP contribution in [0.15, 0.2) is 30.3 Å². The molecular weight excluding hydrogens is 360 g/mol. The summed E-state index contributed by atoms with van der Waals surface area (Å²) >= 11 is 9.44. The van der Waals surface area contributed by atoms with Crippen molar-refractivity contribution in [2.75, 3.05) is 22.2 Å². The van der Waals surface area contributed by atoms with Gasteiger partial charge in [-0.2, -0.15) is 11.8 Å². The molecular formula is C14H20Br2S. The van der Waals surface area contributed by atoms with Gasteiger partial charge in [0.2, 0.25) is 0 Å². The van der Waals surface area contributed by atoms with Crippen LogP contribution in [-0.2, 0) is 6.42 Å². The molecule has 0 saturated heterocycles. The number of alkyl halides is 2. The van der Waals surface area contributed by atoms with Crippen molar-refractivity contribution >= 4 is 43.6 Å². The van der Waals surface area contributed by atoms with E-state index in [0.717, 1.165) is 17.1 Å². The minimum atomic E-state index is 0.351. The van der Waals surface area contributed by atoms with Crippen LogP contribution in [-0.4, -0.2) is 22.2 Å². The van der Waals surface area contributed by atoms with Crippen molar-refractivity contribution in [2.24, 2.45) is 5.41 Å². The highest BCUT2D eigenvalue weighted by molar-refractivity contribution is 9.09. The fraction of sp³-hybridized carbons (Fsp3) is 0.571. The Balaban J connectivity index is 2.63. The van der Waals surface area contributed by atoms with Gasteiger partial charge in [0.15, 0.2) is 0 Å². The largest absolute Gasteiger partial charge is 0.162 e. The molecule has 0 aliphatic carbocycles. The molecule has 0 aromatic heterocycles. The first-order valence-corrected chi connectivity index (χ1v) is 9.40. The summed E-state index contributed by atoms with van der Waals surface area (Å²) in [5.74, 6) is 2.46. The maximum absolute atomic E-state index is 3.70. The quantitative estimate of drug-likeness (QED) is 0.444. The SMILES string of the molecule is CCSCCC(CBr)(CBr)Cc1ccccc1. The minimum absolute atomic E-state index is 0.351. The van der Waals surface area contributed by atoms with E-state index in [0.29, 0.717) is 5.41 Å².